The molecule has 0 fully saturated rings. The van der Waals surface area contributed by atoms with Gasteiger partial charge in [0.05, 0.1) is 6.10 Å². The van der Waals surface area contributed by atoms with E-state index < -0.39 is 18.1 Å². The highest BCUT2D eigenvalue weighted by molar-refractivity contribution is 5.81. The van der Waals surface area contributed by atoms with Crippen molar-refractivity contribution in [3.05, 3.63) is 71.3 Å². The molecule has 5 nitrogen and oxygen atoms in total. The van der Waals surface area contributed by atoms with E-state index in [1.165, 1.54) is 6.92 Å². The number of carbonyl (C=O) groups is 1. The minimum absolute atomic E-state index is 0. The van der Waals surface area contributed by atoms with E-state index in [2.05, 4.69) is 5.32 Å². The smallest absolute Gasteiger partial charge is 0.263 e. The number of nitrogens with one attached hydrogen (secondary N) is 2. The highest BCUT2D eigenvalue weighted by Gasteiger charge is 2.22. The first-order valence-corrected chi connectivity index (χ1v) is 7.77. The zero-order chi connectivity index (χ0) is 17.4. The summed E-state index contributed by atoms with van der Waals surface area (Å²) in [6.45, 7) is 1.90. The van der Waals surface area contributed by atoms with Gasteiger partial charge in [-0.05, 0) is 23.6 Å². The van der Waals surface area contributed by atoms with Gasteiger partial charge in [0.2, 0.25) is 0 Å². The molecule has 134 valence electrons. The molecule has 25 heavy (non-hydrogen) atoms. The molecule has 2 aromatic carbocycles. The summed E-state index contributed by atoms with van der Waals surface area (Å²) in [6.07, 6.45) is 3.16. The Morgan fingerprint density at radius 1 is 1.04 bits per heavy atom. The minimum Gasteiger partial charge on any atom is -0.391 e. The Morgan fingerprint density at radius 3 is 2.12 bits per heavy atom. The largest absolute Gasteiger partial charge is 0.391 e. The second kappa shape index (κ2) is 10.4. The van der Waals surface area contributed by atoms with Crippen molar-refractivity contribution in [3.63, 3.8) is 0 Å². The van der Waals surface area contributed by atoms with Crippen molar-refractivity contribution in [1.29, 1.82) is 0 Å². The molecule has 0 saturated heterocycles. The fourth-order valence-corrected chi connectivity index (χ4v) is 2.28. The number of benzene rings is 2. The van der Waals surface area contributed by atoms with Crippen LogP contribution in [0.5, 0.6) is 0 Å². The van der Waals surface area contributed by atoms with E-state index in [1.54, 1.807) is 5.48 Å². The number of aliphatic hydroxyl groups is 1. The highest BCUT2D eigenvalue weighted by Crippen LogP contribution is 2.10. The predicted octanol–water partition coefficient (Wildman–Crippen LogP) is 2.84. The molecule has 0 radical (unpaired) electrons. The van der Waals surface area contributed by atoms with Crippen molar-refractivity contribution >= 4 is 18.1 Å². The van der Waals surface area contributed by atoms with Crippen molar-refractivity contribution in [2.24, 2.45) is 0 Å². The average Bonchev–Trinajstić information content (AvgIpc) is 2.61. The standard InChI is InChI=1S/C19H22N2O3.CH4/c1-14(22)18(19(23)21-24)20-13-17-11-9-16(10-12-17)8-7-15-5-3-2-4-6-15;/h2-12,14,18,20,22,24H,13H2,1H3,(H,21,23);1H4/b8-7+;/t14-,18+;/m1./s1. The number of aliphatic hydroxyl groups excluding tert-OH is 1. The van der Waals surface area contributed by atoms with Crippen molar-refractivity contribution in [1.82, 2.24) is 10.8 Å². The highest BCUT2D eigenvalue weighted by atomic mass is 16.5. The number of hydrogen-bond acceptors (Lipinski definition) is 4. The molecule has 0 aliphatic heterocycles. The first-order chi connectivity index (χ1) is 11.6. The number of carbonyl (C=O) groups excluding carboxylic acids is 1. The Balaban J connectivity index is 0.00000312. The van der Waals surface area contributed by atoms with E-state index in [-0.39, 0.29) is 7.43 Å². The second-order valence-corrected chi connectivity index (χ2v) is 5.56. The molecule has 2 rings (SSSR count). The molecule has 0 bridgehead atoms. The van der Waals surface area contributed by atoms with Gasteiger partial charge < -0.3 is 5.11 Å². The molecule has 1 amide bonds. The molecular formula is C20H26N2O3. The predicted molar refractivity (Wildman–Crippen MR) is 101 cm³/mol. The third-order valence-corrected chi connectivity index (χ3v) is 3.65. The number of hydroxylamine groups is 1. The molecule has 0 aromatic heterocycles. The summed E-state index contributed by atoms with van der Waals surface area (Å²) >= 11 is 0. The van der Waals surface area contributed by atoms with Gasteiger partial charge in [0, 0.05) is 6.54 Å². The number of rotatable bonds is 7. The Bertz CT molecular complexity index is 667. The first-order valence-electron chi connectivity index (χ1n) is 7.77. The summed E-state index contributed by atoms with van der Waals surface area (Å²) in [5.74, 6) is -0.660. The lowest BCUT2D eigenvalue weighted by atomic mass is 10.1. The molecule has 0 aliphatic carbocycles. The molecule has 4 N–H and O–H groups in total. The van der Waals surface area contributed by atoms with E-state index in [4.69, 9.17) is 5.21 Å². The molecule has 5 heteroatoms. The van der Waals surface area contributed by atoms with Gasteiger partial charge >= 0.3 is 0 Å². The molecule has 0 saturated carbocycles. The normalized spacial score (nSPS) is 13.1. The van der Waals surface area contributed by atoms with Crippen LogP contribution in [0.4, 0.5) is 0 Å². The lowest BCUT2D eigenvalue weighted by molar-refractivity contribution is -0.134. The zero-order valence-electron chi connectivity index (χ0n) is 13.5. The van der Waals surface area contributed by atoms with Crippen LogP contribution in [0.25, 0.3) is 12.2 Å². The van der Waals surface area contributed by atoms with Crippen molar-refractivity contribution in [2.75, 3.05) is 0 Å². The van der Waals surface area contributed by atoms with Crippen LogP contribution in [-0.4, -0.2) is 28.4 Å². The molecule has 2 aromatic rings. The number of amides is 1. The molecule has 0 aliphatic rings. The van der Waals surface area contributed by atoms with Crippen LogP contribution in [0.1, 0.15) is 31.0 Å². The van der Waals surface area contributed by atoms with Crippen LogP contribution in [-0.2, 0) is 11.3 Å². The van der Waals surface area contributed by atoms with Gasteiger partial charge in [-0.25, -0.2) is 5.48 Å². The topological polar surface area (TPSA) is 81.6 Å². The first kappa shape index (κ1) is 20.6. The SMILES string of the molecule is C.C[C@@H](O)[C@H](NCc1ccc(/C=C/c2ccccc2)cc1)C(=O)NO. The summed E-state index contributed by atoms with van der Waals surface area (Å²) < 4.78 is 0. The maximum atomic E-state index is 11.5. The van der Waals surface area contributed by atoms with E-state index in [1.807, 2.05) is 66.7 Å². The fourth-order valence-electron chi connectivity index (χ4n) is 2.28. The van der Waals surface area contributed by atoms with Gasteiger partial charge in [-0.15, -0.1) is 0 Å². The molecule has 0 heterocycles. The summed E-state index contributed by atoms with van der Waals surface area (Å²) in [4.78, 5) is 11.5. The lowest BCUT2D eigenvalue weighted by Crippen LogP contribution is -2.49. The van der Waals surface area contributed by atoms with Crippen molar-refractivity contribution < 1.29 is 15.1 Å². The van der Waals surface area contributed by atoms with E-state index in [9.17, 15) is 9.90 Å². The molecule has 2 atom stereocenters. The van der Waals surface area contributed by atoms with Crippen LogP contribution in [0, 0.1) is 0 Å². The lowest BCUT2D eigenvalue weighted by Gasteiger charge is -2.19. The van der Waals surface area contributed by atoms with Gasteiger partial charge in [-0.3, -0.25) is 15.3 Å². The van der Waals surface area contributed by atoms with E-state index in [0.29, 0.717) is 6.54 Å². The van der Waals surface area contributed by atoms with Gasteiger partial charge in [0.25, 0.3) is 5.91 Å². The van der Waals surface area contributed by atoms with Crippen molar-refractivity contribution in [3.8, 4) is 0 Å². The third-order valence-electron chi connectivity index (χ3n) is 3.65. The van der Waals surface area contributed by atoms with E-state index >= 15 is 0 Å². The number of hydrogen-bond donors (Lipinski definition) is 4. The van der Waals surface area contributed by atoms with Crippen LogP contribution >= 0.6 is 0 Å². The summed E-state index contributed by atoms with van der Waals surface area (Å²) in [5, 5.41) is 21.2. The van der Waals surface area contributed by atoms with Gasteiger partial charge in [-0.2, -0.15) is 0 Å². The minimum atomic E-state index is -0.912. The summed E-state index contributed by atoms with van der Waals surface area (Å²) in [7, 11) is 0. The van der Waals surface area contributed by atoms with Crippen LogP contribution in [0.15, 0.2) is 54.6 Å². The fraction of sp³-hybridized carbons (Fsp3) is 0.250. The Hall–Kier alpha value is -2.47. The van der Waals surface area contributed by atoms with Gasteiger partial charge in [-0.1, -0.05) is 74.2 Å². The summed E-state index contributed by atoms with van der Waals surface area (Å²) in [5.41, 5.74) is 4.74. The maximum Gasteiger partial charge on any atom is 0.263 e. The van der Waals surface area contributed by atoms with E-state index in [0.717, 1.165) is 16.7 Å². The average molecular weight is 342 g/mol. The van der Waals surface area contributed by atoms with Gasteiger partial charge in [0.15, 0.2) is 0 Å². The summed E-state index contributed by atoms with van der Waals surface area (Å²) in [6, 6.07) is 17.1. The molecule has 0 spiro atoms. The van der Waals surface area contributed by atoms with Crippen LogP contribution in [0.3, 0.4) is 0 Å². The Labute approximate surface area is 149 Å². The maximum absolute atomic E-state index is 11.5. The molecular weight excluding hydrogens is 316 g/mol. The third kappa shape index (κ3) is 6.51. The van der Waals surface area contributed by atoms with Crippen LogP contribution in [0.2, 0.25) is 0 Å². The zero-order valence-corrected chi connectivity index (χ0v) is 13.5. The monoisotopic (exact) mass is 342 g/mol. The second-order valence-electron chi connectivity index (χ2n) is 5.56. The Morgan fingerprint density at radius 2 is 1.60 bits per heavy atom. The Kier molecular flexibility index (Phi) is 8.56. The van der Waals surface area contributed by atoms with Crippen molar-refractivity contribution in [2.45, 2.75) is 33.0 Å². The molecule has 0 unspecified atom stereocenters. The van der Waals surface area contributed by atoms with Gasteiger partial charge in [0.1, 0.15) is 6.04 Å². The van der Waals surface area contributed by atoms with Crippen LogP contribution < -0.4 is 10.8 Å². The quantitative estimate of drug-likeness (QED) is 0.354.